The molecule has 0 saturated carbocycles. The maximum absolute atomic E-state index is 11.6. The van der Waals surface area contributed by atoms with E-state index in [0.29, 0.717) is 11.3 Å². The minimum Gasteiger partial charge on any atom is -0.469 e. The summed E-state index contributed by atoms with van der Waals surface area (Å²) >= 11 is 3.40. The van der Waals surface area contributed by atoms with Crippen LogP contribution < -0.4 is 5.32 Å². The Morgan fingerprint density at radius 3 is 2.75 bits per heavy atom. The molecule has 1 aromatic rings. The maximum atomic E-state index is 11.6. The highest BCUT2D eigenvalue weighted by molar-refractivity contribution is 9.09. The molecule has 1 amide bonds. The van der Waals surface area contributed by atoms with Gasteiger partial charge in [0.2, 0.25) is 0 Å². The number of rotatable bonds is 7. The van der Waals surface area contributed by atoms with Gasteiger partial charge in [0.15, 0.2) is 0 Å². The zero-order valence-corrected chi connectivity index (χ0v) is 11.2. The summed E-state index contributed by atoms with van der Waals surface area (Å²) in [4.78, 5) is 11.6. The molecule has 1 heterocycles. The maximum Gasteiger partial charge on any atom is 0.254 e. The van der Waals surface area contributed by atoms with Crippen LogP contribution in [0.1, 0.15) is 41.8 Å². The molecule has 0 aliphatic heterocycles. The third-order valence-corrected chi connectivity index (χ3v) is 3.01. The largest absolute Gasteiger partial charge is 0.469 e. The molecular weight excluding hydrogens is 270 g/mol. The number of hydrogen-bond donors (Lipinski definition) is 1. The minimum atomic E-state index is -0.0354. The van der Waals surface area contributed by atoms with E-state index in [1.165, 1.54) is 12.8 Å². The van der Waals surface area contributed by atoms with E-state index in [-0.39, 0.29) is 5.91 Å². The number of carbonyl (C=O) groups is 1. The van der Waals surface area contributed by atoms with Crippen LogP contribution in [0.2, 0.25) is 0 Å². The molecule has 1 aromatic heterocycles. The van der Waals surface area contributed by atoms with Gasteiger partial charge in [0.25, 0.3) is 5.91 Å². The van der Waals surface area contributed by atoms with Crippen molar-refractivity contribution in [3.05, 3.63) is 23.7 Å². The number of carbonyl (C=O) groups excluding carboxylic acids is 1. The lowest BCUT2D eigenvalue weighted by atomic mass is 10.2. The van der Waals surface area contributed by atoms with Gasteiger partial charge in [-0.05, 0) is 25.8 Å². The molecule has 0 unspecified atom stereocenters. The van der Waals surface area contributed by atoms with Crippen molar-refractivity contribution >= 4 is 21.8 Å². The highest BCUT2D eigenvalue weighted by atomic mass is 79.9. The quantitative estimate of drug-likeness (QED) is 0.618. The zero-order chi connectivity index (χ0) is 11.8. The molecule has 0 radical (unpaired) electrons. The fourth-order valence-corrected chi connectivity index (χ4v) is 1.89. The number of nitrogens with one attached hydrogen (secondary N) is 1. The topological polar surface area (TPSA) is 42.2 Å². The summed E-state index contributed by atoms with van der Waals surface area (Å²) in [6, 6.07) is 1.70. The lowest BCUT2D eigenvalue weighted by Gasteiger charge is -2.03. The van der Waals surface area contributed by atoms with Crippen LogP contribution in [0.15, 0.2) is 16.7 Å². The highest BCUT2D eigenvalue weighted by Gasteiger charge is 2.09. The first kappa shape index (κ1) is 13.3. The third-order valence-electron chi connectivity index (χ3n) is 2.45. The molecule has 0 saturated heterocycles. The van der Waals surface area contributed by atoms with Crippen molar-refractivity contribution in [3.63, 3.8) is 0 Å². The van der Waals surface area contributed by atoms with Crippen LogP contribution in [0.3, 0.4) is 0 Å². The van der Waals surface area contributed by atoms with Gasteiger partial charge in [0.1, 0.15) is 5.76 Å². The summed E-state index contributed by atoms with van der Waals surface area (Å²) in [7, 11) is 0. The number of aryl methyl sites for hydroxylation is 1. The van der Waals surface area contributed by atoms with Gasteiger partial charge in [-0.25, -0.2) is 0 Å². The van der Waals surface area contributed by atoms with Crippen LogP contribution in [0.4, 0.5) is 0 Å². The molecule has 0 aromatic carbocycles. The van der Waals surface area contributed by atoms with Gasteiger partial charge in [0, 0.05) is 11.9 Å². The van der Waals surface area contributed by atoms with Crippen LogP contribution in [0, 0.1) is 6.92 Å². The minimum absolute atomic E-state index is 0.0354. The van der Waals surface area contributed by atoms with E-state index in [1.54, 1.807) is 19.3 Å². The van der Waals surface area contributed by atoms with Crippen LogP contribution >= 0.6 is 15.9 Å². The summed E-state index contributed by atoms with van der Waals surface area (Å²) in [6.45, 7) is 2.54. The summed E-state index contributed by atoms with van der Waals surface area (Å²) in [5.41, 5.74) is 0.639. The zero-order valence-electron chi connectivity index (χ0n) is 9.59. The lowest BCUT2D eigenvalue weighted by Crippen LogP contribution is -2.24. The number of unbranched alkanes of at least 4 members (excludes halogenated alkanes) is 3. The number of hydrogen-bond acceptors (Lipinski definition) is 2. The molecule has 3 nitrogen and oxygen atoms in total. The van der Waals surface area contributed by atoms with Gasteiger partial charge in [-0.2, -0.15) is 0 Å². The number of halogens is 1. The lowest BCUT2D eigenvalue weighted by molar-refractivity contribution is 0.0951. The molecule has 1 rings (SSSR count). The van der Waals surface area contributed by atoms with E-state index in [0.717, 1.165) is 24.7 Å². The molecule has 0 atom stereocenters. The van der Waals surface area contributed by atoms with Crippen molar-refractivity contribution < 1.29 is 9.21 Å². The van der Waals surface area contributed by atoms with Gasteiger partial charge in [-0.3, -0.25) is 4.79 Å². The molecule has 90 valence electrons. The van der Waals surface area contributed by atoms with E-state index in [1.807, 2.05) is 0 Å². The van der Waals surface area contributed by atoms with Crippen molar-refractivity contribution in [2.45, 2.75) is 32.6 Å². The first-order valence-corrected chi connectivity index (χ1v) is 6.76. The molecule has 0 fully saturated rings. The van der Waals surface area contributed by atoms with Gasteiger partial charge in [-0.15, -0.1) is 0 Å². The second-order valence-corrected chi connectivity index (χ2v) is 4.54. The van der Waals surface area contributed by atoms with Crippen molar-refractivity contribution in [1.29, 1.82) is 0 Å². The molecule has 0 aliphatic rings. The summed E-state index contributed by atoms with van der Waals surface area (Å²) in [5, 5.41) is 3.96. The molecular formula is C12H18BrNO2. The Balaban J connectivity index is 2.14. The standard InChI is InChI=1S/C12H18BrNO2/c1-10-11(6-9-16-10)12(15)14-8-5-3-2-4-7-13/h6,9H,2-5,7-8H2,1H3,(H,14,15). The predicted molar refractivity (Wildman–Crippen MR) is 68.0 cm³/mol. The number of alkyl halides is 1. The van der Waals surface area contributed by atoms with Gasteiger partial charge < -0.3 is 9.73 Å². The Kier molecular flexibility index (Phi) is 6.23. The highest BCUT2D eigenvalue weighted by Crippen LogP contribution is 2.08. The van der Waals surface area contributed by atoms with Crippen molar-refractivity contribution in [2.24, 2.45) is 0 Å². The van der Waals surface area contributed by atoms with Gasteiger partial charge >= 0.3 is 0 Å². The van der Waals surface area contributed by atoms with E-state index in [9.17, 15) is 4.79 Å². The summed E-state index contributed by atoms with van der Waals surface area (Å²) < 4.78 is 5.08. The number of amides is 1. The predicted octanol–water partition coefficient (Wildman–Crippen LogP) is 3.27. The molecule has 4 heteroatoms. The second kappa shape index (κ2) is 7.49. The van der Waals surface area contributed by atoms with Crippen LogP contribution in [-0.2, 0) is 0 Å². The SMILES string of the molecule is Cc1occc1C(=O)NCCCCCCBr. The third kappa shape index (κ3) is 4.39. The Hall–Kier alpha value is -0.770. The Labute approximate surface area is 105 Å². The molecule has 0 bridgehead atoms. The first-order valence-electron chi connectivity index (χ1n) is 5.64. The summed E-state index contributed by atoms with van der Waals surface area (Å²) in [5.74, 6) is 0.642. The van der Waals surface area contributed by atoms with E-state index in [4.69, 9.17) is 4.42 Å². The molecule has 0 aliphatic carbocycles. The monoisotopic (exact) mass is 287 g/mol. The van der Waals surface area contributed by atoms with Crippen LogP contribution in [-0.4, -0.2) is 17.8 Å². The van der Waals surface area contributed by atoms with Gasteiger partial charge in [0.05, 0.1) is 11.8 Å². The van der Waals surface area contributed by atoms with Crippen LogP contribution in [0.25, 0.3) is 0 Å². The first-order chi connectivity index (χ1) is 7.75. The fourth-order valence-electron chi connectivity index (χ4n) is 1.49. The Morgan fingerprint density at radius 1 is 1.38 bits per heavy atom. The Morgan fingerprint density at radius 2 is 2.12 bits per heavy atom. The number of furan rings is 1. The molecule has 16 heavy (non-hydrogen) atoms. The van der Waals surface area contributed by atoms with Crippen LogP contribution in [0.5, 0.6) is 0 Å². The van der Waals surface area contributed by atoms with Crippen molar-refractivity contribution in [2.75, 3.05) is 11.9 Å². The van der Waals surface area contributed by atoms with E-state index >= 15 is 0 Å². The fraction of sp³-hybridized carbons (Fsp3) is 0.583. The van der Waals surface area contributed by atoms with Crippen molar-refractivity contribution in [3.8, 4) is 0 Å². The van der Waals surface area contributed by atoms with Crippen molar-refractivity contribution in [1.82, 2.24) is 5.32 Å². The second-order valence-electron chi connectivity index (χ2n) is 3.75. The molecule has 0 spiro atoms. The Bertz CT molecular complexity index is 323. The normalized spacial score (nSPS) is 10.4. The van der Waals surface area contributed by atoms with Gasteiger partial charge in [-0.1, -0.05) is 28.8 Å². The van der Waals surface area contributed by atoms with E-state index < -0.39 is 0 Å². The van der Waals surface area contributed by atoms with E-state index in [2.05, 4.69) is 21.2 Å². The summed E-state index contributed by atoms with van der Waals surface area (Å²) in [6.07, 6.45) is 6.16. The average Bonchev–Trinajstić information content (AvgIpc) is 2.69. The smallest absolute Gasteiger partial charge is 0.254 e. The molecule has 1 N–H and O–H groups in total. The average molecular weight is 288 g/mol.